The third kappa shape index (κ3) is 2.70. The molecule has 20 heavy (non-hydrogen) atoms. The number of nitrogens with zero attached hydrogens (tertiary/aromatic N) is 1. The van der Waals surface area contributed by atoms with Crippen molar-refractivity contribution < 1.29 is 9.84 Å². The lowest BCUT2D eigenvalue weighted by Gasteiger charge is -2.40. The fraction of sp³-hybridized carbons (Fsp3) is 0.647. The molecule has 0 bridgehead atoms. The minimum Gasteiger partial charge on any atom is -0.491 e. The number of aliphatic hydroxyl groups is 1. The van der Waals surface area contributed by atoms with Gasteiger partial charge in [0.2, 0.25) is 0 Å². The SMILES string of the molecule is CN(C1CCCCCC1)C1COc2ccccc2C1O. The van der Waals surface area contributed by atoms with Gasteiger partial charge in [-0.2, -0.15) is 0 Å². The van der Waals surface area contributed by atoms with Crippen LogP contribution in [0.5, 0.6) is 5.75 Å². The highest BCUT2D eigenvalue weighted by molar-refractivity contribution is 5.37. The van der Waals surface area contributed by atoms with Gasteiger partial charge < -0.3 is 9.84 Å². The van der Waals surface area contributed by atoms with Crippen LogP contribution in [0.15, 0.2) is 24.3 Å². The number of benzene rings is 1. The summed E-state index contributed by atoms with van der Waals surface area (Å²) in [4.78, 5) is 2.37. The van der Waals surface area contributed by atoms with Crippen molar-refractivity contribution >= 4 is 0 Å². The van der Waals surface area contributed by atoms with Crippen molar-refractivity contribution in [1.29, 1.82) is 0 Å². The number of aliphatic hydroxyl groups excluding tert-OH is 1. The molecule has 0 aromatic heterocycles. The average molecular weight is 275 g/mol. The van der Waals surface area contributed by atoms with Crippen LogP contribution in [0.1, 0.15) is 50.2 Å². The number of hydrogen-bond acceptors (Lipinski definition) is 3. The monoisotopic (exact) mass is 275 g/mol. The van der Waals surface area contributed by atoms with Gasteiger partial charge in [0.05, 0.1) is 6.04 Å². The smallest absolute Gasteiger partial charge is 0.125 e. The van der Waals surface area contributed by atoms with E-state index in [4.69, 9.17) is 4.74 Å². The van der Waals surface area contributed by atoms with E-state index in [0.717, 1.165) is 11.3 Å². The van der Waals surface area contributed by atoms with E-state index >= 15 is 0 Å². The van der Waals surface area contributed by atoms with Crippen LogP contribution in [-0.4, -0.2) is 35.7 Å². The molecular weight excluding hydrogens is 250 g/mol. The molecule has 2 atom stereocenters. The number of likely N-dealkylation sites (N-methyl/N-ethyl adjacent to an activating group) is 1. The van der Waals surface area contributed by atoms with E-state index in [1.54, 1.807) is 0 Å². The Hall–Kier alpha value is -1.06. The molecule has 1 aromatic carbocycles. The van der Waals surface area contributed by atoms with Crippen molar-refractivity contribution in [1.82, 2.24) is 4.90 Å². The average Bonchev–Trinajstić information content (AvgIpc) is 2.76. The number of rotatable bonds is 2. The molecule has 110 valence electrons. The van der Waals surface area contributed by atoms with E-state index in [0.29, 0.717) is 12.6 Å². The molecule has 2 unspecified atom stereocenters. The molecule has 0 saturated heterocycles. The van der Waals surface area contributed by atoms with Crippen molar-refractivity contribution in [2.75, 3.05) is 13.7 Å². The number of para-hydroxylation sites is 1. The molecule has 3 rings (SSSR count). The quantitative estimate of drug-likeness (QED) is 0.842. The highest BCUT2D eigenvalue weighted by Gasteiger charge is 2.34. The summed E-state index contributed by atoms with van der Waals surface area (Å²) in [6.45, 7) is 0.588. The van der Waals surface area contributed by atoms with Crippen molar-refractivity contribution in [2.45, 2.75) is 56.7 Å². The van der Waals surface area contributed by atoms with Crippen LogP contribution in [0.4, 0.5) is 0 Å². The molecule has 3 nitrogen and oxygen atoms in total. The van der Waals surface area contributed by atoms with E-state index in [-0.39, 0.29) is 6.04 Å². The van der Waals surface area contributed by atoms with Gasteiger partial charge in [-0.1, -0.05) is 43.9 Å². The summed E-state index contributed by atoms with van der Waals surface area (Å²) in [5.74, 6) is 0.838. The minimum absolute atomic E-state index is 0.0769. The summed E-state index contributed by atoms with van der Waals surface area (Å²) in [6, 6.07) is 8.52. The molecule has 1 aliphatic heterocycles. The molecule has 1 aliphatic carbocycles. The first-order valence-electron chi connectivity index (χ1n) is 7.89. The third-order valence-electron chi connectivity index (χ3n) is 4.94. The van der Waals surface area contributed by atoms with E-state index in [1.165, 1.54) is 38.5 Å². The maximum Gasteiger partial charge on any atom is 0.125 e. The van der Waals surface area contributed by atoms with Crippen LogP contribution >= 0.6 is 0 Å². The fourth-order valence-corrected chi connectivity index (χ4v) is 3.61. The van der Waals surface area contributed by atoms with Gasteiger partial charge in [0.1, 0.15) is 18.5 Å². The Morgan fingerprint density at radius 3 is 2.55 bits per heavy atom. The van der Waals surface area contributed by atoms with Gasteiger partial charge in [-0.05, 0) is 26.0 Å². The maximum absolute atomic E-state index is 10.7. The van der Waals surface area contributed by atoms with Gasteiger partial charge in [0.25, 0.3) is 0 Å². The zero-order valence-electron chi connectivity index (χ0n) is 12.3. The molecular formula is C17H25NO2. The lowest BCUT2D eigenvalue weighted by atomic mass is 9.96. The summed E-state index contributed by atoms with van der Waals surface area (Å²) in [6.07, 6.45) is 7.41. The Bertz CT molecular complexity index is 440. The zero-order chi connectivity index (χ0) is 13.9. The van der Waals surface area contributed by atoms with Crippen LogP contribution in [0.2, 0.25) is 0 Å². The molecule has 1 N–H and O–H groups in total. The van der Waals surface area contributed by atoms with E-state index in [1.807, 2.05) is 24.3 Å². The molecule has 0 radical (unpaired) electrons. The second-order valence-electron chi connectivity index (χ2n) is 6.17. The first kappa shape index (κ1) is 13.9. The molecule has 1 aromatic rings. The van der Waals surface area contributed by atoms with Gasteiger partial charge >= 0.3 is 0 Å². The van der Waals surface area contributed by atoms with Gasteiger partial charge in [0.15, 0.2) is 0 Å². The fourth-order valence-electron chi connectivity index (χ4n) is 3.61. The summed E-state index contributed by atoms with van der Waals surface area (Å²) in [5, 5.41) is 10.7. The van der Waals surface area contributed by atoms with Crippen molar-refractivity contribution in [3.8, 4) is 5.75 Å². The van der Waals surface area contributed by atoms with Crippen LogP contribution in [-0.2, 0) is 0 Å². The normalized spacial score (nSPS) is 27.8. The number of fused-ring (bicyclic) bond motifs is 1. The number of ether oxygens (including phenoxy) is 1. The molecule has 0 spiro atoms. The summed E-state index contributed by atoms with van der Waals surface area (Å²) >= 11 is 0. The zero-order valence-corrected chi connectivity index (χ0v) is 12.3. The Morgan fingerprint density at radius 2 is 1.80 bits per heavy atom. The second-order valence-corrected chi connectivity index (χ2v) is 6.17. The summed E-state index contributed by atoms with van der Waals surface area (Å²) in [7, 11) is 2.15. The van der Waals surface area contributed by atoms with E-state index < -0.39 is 6.10 Å². The minimum atomic E-state index is -0.437. The van der Waals surface area contributed by atoms with Crippen LogP contribution in [0.3, 0.4) is 0 Å². The molecule has 3 heteroatoms. The highest BCUT2D eigenvalue weighted by atomic mass is 16.5. The lowest BCUT2D eigenvalue weighted by molar-refractivity contribution is -0.00595. The largest absolute Gasteiger partial charge is 0.491 e. The Kier molecular flexibility index (Phi) is 4.27. The Balaban J connectivity index is 1.74. The molecule has 1 heterocycles. The van der Waals surface area contributed by atoms with Crippen molar-refractivity contribution in [3.05, 3.63) is 29.8 Å². The first-order chi connectivity index (χ1) is 9.77. The standard InChI is InChI=1S/C17H25NO2/c1-18(13-8-4-2-3-5-9-13)15-12-20-16-11-7-6-10-14(16)17(15)19/h6-7,10-11,13,15,17,19H,2-5,8-9,12H2,1H3. The predicted octanol–water partition coefficient (Wildman–Crippen LogP) is 3.14. The first-order valence-corrected chi connectivity index (χ1v) is 7.89. The third-order valence-corrected chi connectivity index (χ3v) is 4.94. The van der Waals surface area contributed by atoms with Crippen molar-refractivity contribution in [3.63, 3.8) is 0 Å². The Labute approximate surface area is 121 Å². The van der Waals surface area contributed by atoms with Crippen LogP contribution < -0.4 is 4.74 Å². The summed E-state index contributed by atoms with van der Waals surface area (Å²) < 4.78 is 5.85. The van der Waals surface area contributed by atoms with Crippen LogP contribution in [0.25, 0.3) is 0 Å². The van der Waals surface area contributed by atoms with Crippen molar-refractivity contribution in [2.24, 2.45) is 0 Å². The lowest BCUT2D eigenvalue weighted by Crippen LogP contribution is -2.48. The second kappa shape index (κ2) is 6.15. The topological polar surface area (TPSA) is 32.7 Å². The molecule has 0 amide bonds. The summed E-state index contributed by atoms with van der Waals surface area (Å²) in [5.41, 5.74) is 0.934. The van der Waals surface area contributed by atoms with Crippen LogP contribution in [0, 0.1) is 0 Å². The predicted molar refractivity (Wildman–Crippen MR) is 79.9 cm³/mol. The molecule has 1 fully saturated rings. The van der Waals surface area contributed by atoms with Gasteiger partial charge in [0, 0.05) is 11.6 Å². The maximum atomic E-state index is 10.7. The van der Waals surface area contributed by atoms with Gasteiger partial charge in [-0.3, -0.25) is 4.90 Å². The van der Waals surface area contributed by atoms with Gasteiger partial charge in [-0.15, -0.1) is 0 Å². The van der Waals surface area contributed by atoms with E-state index in [2.05, 4.69) is 11.9 Å². The van der Waals surface area contributed by atoms with Gasteiger partial charge in [-0.25, -0.2) is 0 Å². The molecule has 1 saturated carbocycles. The highest BCUT2D eigenvalue weighted by Crippen LogP contribution is 2.35. The number of hydrogen-bond donors (Lipinski definition) is 1. The van der Waals surface area contributed by atoms with E-state index in [9.17, 15) is 5.11 Å². The molecule has 2 aliphatic rings. The Morgan fingerprint density at radius 1 is 1.10 bits per heavy atom.